The average Bonchev–Trinajstić information content (AvgIpc) is 2.99. The minimum absolute atomic E-state index is 0.0149. The molecule has 0 radical (unpaired) electrons. The van der Waals surface area contributed by atoms with Crippen LogP contribution in [0.25, 0.3) is 10.8 Å². The predicted octanol–water partition coefficient (Wildman–Crippen LogP) is 4.95. The Kier molecular flexibility index (Phi) is 4.02. The fraction of sp³-hybridized carbons (Fsp3) is 0.444. The van der Waals surface area contributed by atoms with Gasteiger partial charge < -0.3 is 5.73 Å². The lowest BCUT2D eigenvalue weighted by atomic mass is 9.92. The second-order valence-corrected chi connectivity index (χ2v) is 6.02. The van der Waals surface area contributed by atoms with E-state index in [4.69, 9.17) is 5.73 Å². The predicted molar refractivity (Wildman–Crippen MR) is 82.0 cm³/mol. The van der Waals surface area contributed by atoms with Crippen molar-refractivity contribution < 1.29 is 4.39 Å². The van der Waals surface area contributed by atoms with E-state index in [2.05, 4.69) is 0 Å². The number of nitrogens with two attached hydrogens (primary N) is 1. The van der Waals surface area contributed by atoms with Crippen LogP contribution < -0.4 is 5.73 Å². The van der Waals surface area contributed by atoms with E-state index in [-0.39, 0.29) is 11.9 Å². The summed E-state index contributed by atoms with van der Waals surface area (Å²) in [6.07, 6.45) is 7.67. The lowest BCUT2D eigenvalue weighted by Crippen LogP contribution is -2.12. The third-order valence-corrected chi connectivity index (χ3v) is 4.66. The van der Waals surface area contributed by atoms with Crippen LogP contribution in [0.2, 0.25) is 0 Å². The highest BCUT2D eigenvalue weighted by molar-refractivity contribution is 5.86. The molecule has 0 spiro atoms. The summed E-state index contributed by atoms with van der Waals surface area (Å²) in [6.45, 7) is 0. The number of benzene rings is 2. The van der Waals surface area contributed by atoms with Gasteiger partial charge in [0.2, 0.25) is 0 Å². The van der Waals surface area contributed by atoms with E-state index in [0.717, 1.165) is 23.3 Å². The Hall–Kier alpha value is -1.41. The molecule has 0 saturated heterocycles. The summed E-state index contributed by atoms with van der Waals surface area (Å²) in [7, 11) is 0. The molecule has 1 fully saturated rings. The molecule has 2 aromatic carbocycles. The molecule has 2 N–H and O–H groups in total. The molecule has 3 rings (SSSR count). The molecule has 1 aliphatic carbocycles. The van der Waals surface area contributed by atoms with E-state index in [9.17, 15) is 4.39 Å². The van der Waals surface area contributed by atoms with Gasteiger partial charge in [-0.1, -0.05) is 56.0 Å². The first-order chi connectivity index (χ1) is 9.75. The lowest BCUT2D eigenvalue weighted by Gasteiger charge is -2.17. The van der Waals surface area contributed by atoms with Crippen LogP contribution in [0.15, 0.2) is 36.4 Å². The lowest BCUT2D eigenvalue weighted by molar-refractivity contribution is 0.455. The van der Waals surface area contributed by atoms with Gasteiger partial charge in [0.15, 0.2) is 0 Å². The largest absolute Gasteiger partial charge is 0.324 e. The Bertz CT molecular complexity index is 587. The standard InChI is InChI=1S/C18H22FN/c19-17-11-10-16(14-7-3-4-8-15(14)17)18(20)12-9-13-5-1-2-6-13/h3-4,7-8,10-11,13,18H,1-2,5-6,9,12,20H2. The topological polar surface area (TPSA) is 26.0 Å². The molecule has 0 aromatic heterocycles. The molecule has 1 saturated carbocycles. The van der Waals surface area contributed by atoms with Gasteiger partial charge >= 0.3 is 0 Å². The summed E-state index contributed by atoms with van der Waals surface area (Å²) in [5, 5.41) is 1.65. The van der Waals surface area contributed by atoms with Crippen LogP contribution >= 0.6 is 0 Å². The van der Waals surface area contributed by atoms with E-state index in [1.165, 1.54) is 32.1 Å². The number of halogens is 1. The first-order valence-electron chi connectivity index (χ1n) is 7.68. The molecule has 0 bridgehead atoms. The molecule has 0 amide bonds. The minimum atomic E-state index is -0.160. The summed E-state index contributed by atoms with van der Waals surface area (Å²) < 4.78 is 13.8. The highest BCUT2D eigenvalue weighted by Crippen LogP contribution is 2.32. The van der Waals surface area contributed by atoms with Gasteiger partial charge in [-0.2, -0.15) is 0 Å². The van der Waals surface area contributed by atoms with E-state index in [1.54, 1.807) is 6.07 Å². The molecule has 106 valence electrons. The maximum absolute atomic E-state index is 13.8. The first-order valence-corrected chi connectivity index (χ1v) is 7.68. The van der Waals surface area contributed by atoms with E-state index >= 15 is 0 Å². The fourth-order valence-corrected chi connectivity index (χ4v) is 3.48. The van der Waals surface area contributed by atoms with Crippen molar-refractivity contribution in [3.05, 3.63) is 47.8 Å². The van der Waals surface area contributed by atoms with E-state index < -0.39 is 0 Å². The van der Waals surface area contributed by atoms with Crippen LogP contribution in [0.3, 0.4) is 0 Å². The van der Waals surface area contributed by atoms with Crippen LogP contribution in [-0.2, 0) is 0 Å². The van der Waals surface area contributed by atoms with Gasteiger partial charge in [0.1, 0.15) is 5.82 Å². The average molecular weight is 271 g/mol. The Labute approximate surface area is 120 Å². The van der Waals surface area contributed by atoms with E-state index in [0.29, 0.717) is 5.39 Å². The first kappa shape index (κ1) is 13.6. The summed E-state index contributed by atoms with van der Waals surface area (Å²) in [5.74, 6) is 0.695. The van der Waals surface area contributed by atoms with Crippen molar-refractivity contribution in [1.82, 2.24) is 0 Å². The maximum atomic E-state index is 13.8. The van der Waals surface area contributed by atoms with Crippen molar-refractivity contribution in [3.63, 3.8) is 0 Å². The Morgan fingerprint density at radius 3 is 2.50 bits per heavy atom. The van der Waals surface area contributed by atoms with Gasteiger partial charge in [0, 0.05) is 11.4 Å². The van der Waals surface area contributed by atoms with Gasteiger partial charge in [-0.25, -0.2) is 4.39 Å². The second-order valence-electron chi connectivity index (χ2n) is 6.02. The van der Waals surface area contributed by atoms with Crippen molar-refractivity contribution in [3.8, 4) is 0 Å². The molecule has 0 aliphatic heterocycles. The van der Waals surface area contributed by atoms with Gasteiger partial charge in [-0.15, -0.1) is 0 Å². The molecule has 1 atom stereocenters. The van der Waals surface area contributed by atoms with Crippen LogP contribution in [0.4, 0.5) is 4.39 Å². The Morgan fingerprint density at radius 2 is 1.75 bits per heavy atom. The van der Waals surface area contributed by atoms with Crippen molar-refractivity contribution in [2.75, 3.05) is 0 Å². The van der Waals surface area contributed by atoms with Crippen LogP contribution in [-0.4, -0.2) is 0 Å². The zero-order chi connectivity index (χ0) is 13.9. The third-order valence-electron chi connectivity index (χ3n) is 4.66. The van der Waals surface area contributed by atoms with Crippen molar-refractivity contribution in [2.24, 2.45) is 11.7 Å². The van der Waals surface area contributed by atoms with Crippen LogP contribution in [0.5, 0.6) is 0 Å². The van der Waals surface area contributed by atoms with Crippen molar-refractivity contribution in [1.29, 1.82) is 0 Å². The SMILES string of the molecule is NC(CCC1CCCC1)c1ccc(F)c2ccccc12. The fourth-order valence-electron chi connectivity index (χ4n) is 3.48. The molecule has 2 heteroatoms. The van der Waals surface area contributed by atoms with Crippen molar-refractivity contribution in [2.45, 2.75) is 44.6 Å². The summed E-state index contributed by atoms with van der Waals surface area (Å²) >= 11 is 0. The Morgan fingerprint density at radius 1 is 1.05 bits per heavy atom. The number of fused-ring (bicyclic) bond motifs is 1. The highest BCUT2D eigenvalue weighted by Gasteiger charge is 2.18. The molecule has 0 heterocycles. The molecule has 20 heavy (non-hydrogen) atoms. The zero-order valence-electron chi connectivity index (χ0n) is 11.8. The van der Waals surface area contributed by atoms with Crippen molar-refractivity contribution >= 4 is 10.8 Å². The minimum Gasteiger partial charge on any atom is -0.324 e. The van der Waals surface area contributed by atoms with Crippen LogP contribution in [0.1, 0.15) is 50.1 Å². The molecule has 1 unspecified atom stereocenters. The molecular formula is C18H22FN. The quantitative estimate of drug-likeness (QED) is 0.836. The molecule has 1 aliphatic rings. The van der Waals surface area contributed by atoms with Gasteiger partial charge in [0.05, 0.1) is 0 Å². The smallest absolute Gasteiger partial charge is 0.131 e. The maximum Gasteiger partial charge on any atom is 0.131 e. The Balaban J connectivity index is 1.80. The normalized spacial score (nSPS) is 17.7. The van der Waals surface area contributed by atoms with Gasteiger partial charge in [0.25, 0.3) is 0 Å². The summed E-state index contributed by atoms with van der Waals surface area (Å²) in [5.41, 5.74) is 7.45. The molecule has 1 nitrogen and oxygen atoms in total. The van der Waals surface area contributed by atoms with Gasteiger partial charge in [-0.05, 0) is 35.8 Å². The molecular weight excluding hydrogens is 249 g/mol. The van der Waals surface area contributed by atoms with Gasteiger partial charge in [-0.3, -0.25) is 0 Å². The monoisotopic (exact) mass is 271 g/mol. The zero-order valence-corrected chi connectivity index (χ0v) is 11.8. The third kappa shape index (κ3) is 2.71. The number of hydrogen-bond acceptors (Lipinski definition) is 1. The van der Waals surface area contributed by atoms with Crippen LogP contribution in [0, 0.1) is 11.7 Å². The second kappa shape index (κ2) is 5.92. The molecule has 2 aromatic rings. The number of hydrogen-bond donors (Lipinski definition) is 1. The highest BCUT2D eigenvalue weighted by atomic mass is 19.1. The summed E-state index contributed by atoms with van der Waals surface area (Å²) in [6, 6.07) is 11.1. The summed E-state index contributed by atoms with van der Waals surface area (Å²) in [4.78, 5) is 0. The van der Waals surface area contributed by atoms with E-state index in [1.807, 2.05) is 30.3 Å². The number of rotatable bonds is 4.